The van der Waals surface area contributed by atoms with Crippen LogP contribution in [0, 0.1) is 11.8 Å². The highest BCUT2D eigenvalue weighted by Crippen LogP contribution is 2.57. The average molecular weight is 1440 g/mol. The molecule has 2 aliphatic carbocycles. The minimum atomic E-state index is -0.179. The fourth-order valence-electron chi connectivity index (χ4n) is 14.4. The van der Waals surface area contributed by atoms with Crippen LogP contribution in [0.2, 0.25) is 0 Å². The summed E-state index contributed by atoms with van der Waals surface area (Å²) >= 11 is 15.4. The molecule has 8 aromatic heterocycles. The first-order valence-corrected chi connectivity index (χ1v) is 42.9. The number of allylic oxidation sites excluding steroid dienone is 2. The van der Waals surface area contributed by atoms with Crippen LogP contribution in [0.5, 0.6) is 0 Å². The molecule has 2 aliphatic rings. The Kier molecular flexibility index (Phi) is 22.9. The van der Waals surface area contributed by atoms with Gasteiger partial charge in [-0.25, -0.2) is 0 Å². The van der Waals surface area contributed by atoms with Gasteiger partial charge in [0.15, 0.2) is 23.1 Å². The molecule has 2 unspecified atom stereocenters. The number of ketones is 4. The Morgan fingerprint density at radius 2 is 0.663 bits per heavy atom. The number of carbonyl (C=O) groups is 4. The second-order valence-corrected chi connectivity index (χ2v) is 35.8. The molecule has 0 bridgehead atoms. The number of rotatable bonds is 32. The van der Waals surface area contributed by atoms with Crippen molar-refractivity contribution in [3.05, 3.63) is 184 Å². The van der Waals surface area contributed by atoms with Crippen LogP contribution >= 0.6 is 90.7 Å². The lowest BCUT2D eigenvalue weighted by atomic mass is 9.95. The van der Waals surface area contributed by atoms with Gasteiger partial charge in [0.1, 0.15) is 0 Å². The molecule has 2 atom stereocenters. The van der Waals surface area contributed by atoms with Crippen molar-refractivity contribution < 1.29 is 19.2 Å². The van der Waals surface area contributed by atoms with Gasteiger partial charge < -0.3 is 0 Å². The highest BCUT2D eigenvalue weighted by atomic mass is 32.1. The minimum absolute atomic E-state index is 0.179. The van der Waals surface area contributed by atoms with Gasteiger partial charge in [-0.1, -0.05) is 181 Å². The minimum Gasteiger partial charge on any atom is -0.288 e. The van der Waals surface area contributed by atoms with Gasteiger partial charge in [0.05, 0.1) is 11.1 Å². The van der Waals surface area contributed by atoms with Crippen molar-refractivity contribution in [2.75, 3.05) is 0 Å². The van der Waals surface area contributed by atoms with Crippen molar-refractivity contribution >= 4 is 146 Å². The lowest BCUT2D eigenvalue weighted by Gasteiger charge is -2.13. The number of thiophene rings is 8. The topological polar surface area (TPSA) is 68.3 Å². The number of carbonyl (C=O) groups excluding carboxylic acids is 4. The van der Waals surface area contributed by atoms with E-state index < -0.39 is 0 Å². The quantitative estimate of drug-likeness (QED) is 0.0311. The van der Waals surface area contributed by atoms with E-state index in [4.69, 9.17) is 0 Å². The maximum absolute atomic E-state index is 13.8. The Morgan fingerprint density at radius 3 is 1.00 bits per heavy atom. The van der Waals surface area contributed by atoms with Crippen LogP contribution in [-0.4, -0.2) is 23.1 Å². The van der Waals surface area contributed by atoms with Crippen LogP contribution in [-0.2, 0) is 38.5 Å². The third-order valence-electron chi connectivity index (χ3n) is 20.1. The second-order valence-electron chi connectivity index (χ2n) is 27.1. The summed E-state index contributed by atoms with van der Waals surface area (Å²) in [6, 6.07) is 39.1. The van der Waals surface area contributed by atoms with Gasteiger partial charge in [0, 0.05) is 122 Å². The monoisotopic (exact) mass is 1440 g/mol. The molecule has 3 aromatic carbocycles. The highest BCUT2D eigenvalue weighted by Gasteiger charge is 2.35. The molecule has 0 N–H and O–H groups in total. The molecule has 0 saturated heterocycles. The lowest BCUT2D eigenvalue weighted by Crippen LogP contribution is -2.01. The van der Waals surface area contributed by atoms with Gasteiger partial charge in [-0.3, -0.25) is 19.2 Å². The van der Waals surface area contributed by atoms with Crippen molar-refractivity contribution in [2.45, 2.75) is 197 Å². The molecular weight excluding hydrogens is 1350 g/mol. The molecule has 8 heterocycles. The van der Waals surface area contributed by atoms with E-state index in [2.05, 4.69) is 116 Å². The van der Waals surface area contributed by atoms with Gasteiger partial charge in [0.25, 0.3) is 0 Å². The average Bonchev–Trinajstić information content (AvgIpc) is 1.55. The standard InChI is InChI=1S/C86H90O4S8/c1-9-17-27-51(15-7)41-57-37-39-69(91-57)75-65-49-73(83-55(31-21-13-5)45-71(95-83)81-53(29-19-11-3)43-59(93-81)47-67-77(87)61-33-23-24-34-62(61)78(67)88)98-86(65)76(70-40-38-58(92-70)42-52(16-8)28-18-10-2)66-50-74(97-85(66)75)84-56(32-22-14-6)46-72(96-84)82-54(30-20-12-4)44-60(94-82)48-68-79(89)63-35-25-26-36-64(63)80(68)90/h23-26,33-40,43-52H,9-22,27-32,41-42H2,1-8H3. The van der Waals surface area contributed by atoms with E-state index in [0.717, 1.165) is 99.6 Å². The third kappa shape index (κ3) is 14.4. The number of Topliss-reactive ketones (excluding diaryl/α,β-unsaturated/α-hetero) is 4. The molecule has 12 heteroatoms. The molecule has 506 valence electrons. The van der Waals surface area contributed by atoms with Crippen molar-refractivity contribution in [2.24, 2.45) is 11.8 Å². The van der Waals surface area contributed by atoms with Crippen LogP contribution in [0.25, 0.3) is 92.2 Å². The Labute approximate surface area is 612 Å². The first-order valence-electron chi connectivity index (χ1n) is 36.4. The number of aryl methyl sites for hydroxylation is 4. The zero-order valence-corrected chi connectivity index (χ0v) is 64.7. The zero-order valence-electron chi connectivity index (χ0n) is 58.2. The van der Waals surface area contributed by atoms with Crippen molar-refractivity contribution in [1.82, 2.24) is 0 Å². The Balaban J connectivity index is 1.00. The van der Waals surface area contributed by atoms with E-state index >= 15 is 0 Å². The maximum atomic E-state index is 13.8. The van der Waals surface area contributed by atoms with Crippen LogP contribution < -0.4 is 0 Å². The number of unbranched alkanes of at least 4 members (excludes halogenated alkanes) is 6. The summed E-state index contributed by atoms with van der Waals surface area (Å²) in [6.07, 6.45) is 28.3. The van der Waals surface area contributed by atoms with Gasteiger partial charge in [-0.05, 0) is 171 Å². The van der Waals surface area contributed by atoms with Gasteiger partial charge in [-0.2, -0.15) is 0 Å². The fourth-order valence-corrected chi connectivity index (χ4v) is 24.7. The molecule has 11 aromatic rings. The van der Waals surface area contributed by atoms with E-state index in [1.54, 1.807) is 46.9 Å². The number of benzene rings is 3. The molecule has 13 rings (SSSR count). The third-order valence-corrected chi connectivity index (χ3v) is 30.0. The maximum Gasteiger partial charge on any atom is 0.197 e. The molecule has 0 saturated carbocycles. The van der Waals surface area contributed by atoms with E-state index in [1.807, 2.05) is 104 Å². The Bertz CT molecular complexity index is 4380. The molecule has 98 heavy (non-hydrogen) atoms. The number of fused-ring (bicyclic) bond motifs is 4. The fraction of sp³-hybridized carbons (Fsp3) is 0.372. The summed E-state index contributed by atoms with van der Waals surface area (Å²) in [6.45, 7) is 18.5. The molecule has 0 aliphatic heterocycles. The summed E-state index contributed by atoms with van der Waals surface area (Å²) in [5, 5.41) is 2.68. The predicted octanol–water partition coefficient (Wildman–Crippen LogP) is 28.3. The van der Waals surface area contributed by atoms with Gasteiger partial charge >= 0.3 is 0 Å². The molecule has 4 nitrogen and oxygen atoms in total. The lowest BCUT2D eigenvalue weighted by molar-refractivity contribution is 0.0975. The molecular formula is C86H90O4S8. The Hall–Kier alpha value is -6.06. The predicted molar refractivity (Wildman–Crippen MR) is 432 cm³/mol. The largest absolute Gasteiger partial charge is 0.288 e. The van der Waals surface area contributed by atoms with E-state index in [9.17, 15) is 19.2 Å². The van der Waals surface area contributed by atoms with E-state index in [0.29, 0.717) is 34.1 Å². The molecule has 0 spiro atoms. The highest BCUT2D eigenvalue weighted by molar-refractivity contribution is 7.31. The summed E-state index contributed by atoms with van der Waals surface area (Å²) in [7, 11) is 0. The Morgan fingerprint density at radius 1 is 0.337 bits per heavy atom. The van der Waals surface area contributed by atoms with Crippen LogP contribution in [0.3, 0.4) is 0 Å². The summed E-state index contributed by atoms with van der Waals surface area (Å²) < 4.78 is 2.72. The SMILES string of the molecule is CCCCc1cc(C=C2C(=O)c3ccccc3C2=O)sc1-c1cc(CCCC)c(-c2cc3c(-c4ccc(CC(CC)CCCC)s4)c4sc(-c5sc(-c6sc(C=C7C(=O)c8ccccc8C7=O)cc6CCCC)cc5CCCC)cc4c(-c4ccc(CC(CC)CCCC)s4)c3s2)s1. The molecule has 0 radical (unpaired) electrons. The van der Waals surface area contributed by atoms with Crippen molar-refractivity contribution in [3.8, 4) is 59.9 Å². The normalized spacial score (nSPS) is 13.8. The van der Waals surface area contributed by atoms with Crippen molar-refractivity contribution in [1.29, 1.82) is 0 Å². The van der Waals surface area contributed by atoms with Crippen molar-refractivity contribution in [3.63, 3.8) is 0 Å². The second kappa shape index (κ2) is 31.9. The summed E-state index contributed by atoms with van der Waals surface area (Å²) in [5.41, 5.74) is 10.6. The van der Waals surface area contributed by atoms with Gasteiger partial charge in [-0.15, -0.1) is 90.7 Å². The van der Waals surface area contributed by atoms with Gasteiger partial charge in [0.2, 0.25) is 0 Å². The van der Waals surface area contributed by atoms with E-state index in [1.165, 1.54) is 163 Å². The van der Waals surface area contributed by atoms with Crippen LogP contribution in [0.4, 0.5) is 0 Å². The smallest absolute Gasteiger partial charge is 0.197 e. The summed E-state index contributed by atoms with van der Waals surface area (Å²) in [4.78, 5) is 73.1. The van der Waals surface area contributed by atoms with E-state index in [-0.39, 0.29) is 34.3 Å². The van der Waals surface area contributed by atoms with Crippen LogP contribution in [0.1, 0.15) is 241 Å². The summed E-state index contributed by atoms with van der Waals surface area (Å²) in [5.74, 6) is 0.594. The first-order chi connectivity index (χ1) is 47.9. The molecule has 0 amide bonds. The van der Waals surface area contributed by atoms with Crippen LogP contribution in [0.15, 0.2) is 120 Å². The first kappa shape index (κ1) is 70.4. The number of hydrogen-bond donors (Lipinski definition) is 0. The zero-order chi connectivity index (χ0) is 68.1. The number of hydrogen-bond acceptors (Lipinski definition) is 12. The molecule has 0 fully saturated rings.